The van der Waals surface area contributed by atoms with E-state index in [1.54, 1.807) is 30.3 Å². The highest BCUT2D eigenvalue weighted by molar-refractivity contribution is 7.19. The number of amides is 1. The van der Waals surface area contributed by atoms with Crippen molar-refractivity contribution >= 4 is 66.4 Å². The van der Waals surface area contributed by atoms with Crippen molar-refractivity contribution in [3.05, 3.63) is 117 Å². The zero-order valence-corrected chi connectivity index (χ0v) is 37.4. The molecule has 0 radical (unpaired) electrons. The molecule has 61 heavy (non-hydrogen) atoms. The number of hydrogen-bond donors (Lipinski definition) is 4. The number of thiophene rings is 2. The van der Waals surface area contributed by atoms with Crippen molar-refractivity contribution in [2.75, 3.05) is 32.5 Å². The molecule has 4 N–H and O–H groups in total. The molecule has 3 aromatic heterocycles. The molecule has 0 saturated heterocycles. The number of anilines is 1. The third-order valence-electron chi connectivity index (χ3n) is 12.7. The molecule has 0 bridgehead atoms. The zero-order valence-electron chi connectivity index (χ0n) is 35.8. The van der Waals surface area contributed by atoms with Crippen LogP contribution in [0.5, 0.6) is 0 Å². The van der Waals surface area contributed by atoms with E-state index in [0.29, 0.717) is 29.8 Å². The van der Waals surface area contributed by atoms with Gasteiger partial charge in [0, 0.05) is 45.5 Å². The van der Waals surface area contributed by atoms with E-state index in [1.807, 2.05) is 41.9 Å². The van der Waals surface area contributed by atoms with Crippen LogP contribution in [0.4, 0.5) is 5.69 Å². The Morgan fingerprint density at radius 3 is 1.79 bits per heavy atom. The number of pyridine rings is 1. The number of nitrogens with one attached hydrogen (secondary N) is 2. The van der Waals surface area contributed by atoms with Gasteiger partial charge >= 0.3 is 11.9 Å². The van der Waals surface area contributed by atoms with E-state index in [9.17, 15) is 19.5 Å². The van der Waals surface area contributed by atoms with E-state index in [4.69, 9.17) is 5.11 Å². The molecule has 5 aromatic rings. The van der Waals surface area contributed by atoms with Crippen molar-refractivity contribution in [2.24, 2.45) is 11.8 Å². The summed E-state index contributed by atoms with van der Waals surface area (Å²) in [5.41, 5.74) is 5.39. The number of fused-ring (bicyclic) bond motifs is 2. The van der Waals surface area contributed by atoms with Gasteiger partial charge in [-0.2, -0.15) is 0 Å². The van der Waals surface area contributed by atoms with E-state index in [2.05, 4.69) is 78.0 Å². The van der Waals surface area contributed by atoms with Gasteiger partial charge in [-0.3, -0.25) is 9.59 Å². The lowest BCUT2D eigenvalue weighted by molar-refractivity contribution is -0.137. The Kier molecular flexibility index (Phi) is 14.5. The van der Waals surface area contributed by atoms with Crippen LogP contribution in [-0.4, -0.2) is 70.0 Å². The van der Waals surface area contributed by atoms with Gasteiger partial charge in [0.15, 0.2) is 0 Å². The molecule has 2 aliphatic carbocycles. The molecule has 2 atom stereocenters. The fourth-order valence-electron chi connectivity index (χ4n) is 9.28. The van der Waals surface area contributed by atoms with Gasteiger partial charge in [-0.15, -0.1) is 22.7 Å². The lowest BCUT2D eigenvalue weighted by Gasteiger charge is -2.34. The summed E-state index contributed by atoms with van der Waals surface area (Å²) < 4.78 is 2.66. The second-order valence-corrected chi connectivity index (χ2v) is 19.1. The van der Waals surface area contributed by atoms with Crippen LogP contribution in [-0.2, 0) is 9.59 Å². The average Bonchev–Trinajstić information content (AvgIpc) is 3.79. The Labute approximate surface area is 367 Å². The Morgan fingerprint density at radius 1 is 0.770 bits per heavy atom. The molecular formula is C49H59N5O5S2. The Morgan fingerprint density at radius 2 is 1.31 bits per heavy atom. The first-order valence-corrected chi connectivity index (χ1v) is 23.4. The number of aliphatic carboxylic acids is 2. The number of aryl methyl sites for hydroxylation is 2. The van der Waals surface area contributed by atoms with E-state index in [1.165, 1.54) is 110 Å². The number of carboxylic acids is 2. The molecule has 322 valence electrons. The fourth-order valence-corrected chi connectivity index (χ4v) is 12.0. The highest BCUT2D eigenvalue weighted by Crippen LogP contribution is 2.44. The van der Waals surface area contributed by atoms with Crippen molar-refractivity contribution in [1.29, 1.82) is 0 Å². The van der Waals surface area contributed by atoms with Gasteiger partial charge in [-0.1, -0.05) is 74.9 Å². The normalized spacial score (nSPS) is 17.1. The predicted molar refractivity (Wildman–Crippen MR) is 248 cm³/mol. The van der Waals surface area contributed by atoms with Crippen LogP contribution in [0.25, 0.3) is 20.2 Å². The van der Waals surface area contributed by atoms with Gasteiger partial charge in [0.05, 0.1) is 36.9 Å². The maximum absolute atomic E-state index is 12.6. The van der Waals surface area contributed by atoms with E-state index >= 15 is 0 Å². The minimum atomic E-state index is -0.924. The number of benzene rings is 2. The maximum atomic E-state index is 12.6. The second kappa shape index (κ2) is 20.1. The molecule has 1 amide bonds. The van der Waals surface area contributed by atoms with Gasteiger partial charge in [-0.25, -0.2) is 9.78 Å². The Bertz CT molecular complexity index is 2390. The van der Waals surface area contributed by atoms with Gasteiger partial charge in [-0.05, 0) is 110 Å². The summed E-state index contributed by atoms with van der Waals surface area (Å²) in [6.45, 7) is 5.23. The van der Waals surface area contributed by atoms with Gasteiger partial charge in [0.25, 0.3) is 5.91 Å². The van der Waals surface area contributed by atoms with Crippen LogP contribution in [0.2, 0.25) is 0 Å². The van der Waals surface area contributed by atoms with Crippen molar-refractivity contribution in [3.63, 3.8) is 0 Å². The zero-order chi connectivity index (χ0) is 43.0. The molecule has 2 saturated carbocycles. The summed E-state index contributed by atoms with van der Waals surface area (Å²) in [5, 5.41) is 28.4. The summed E-state index contributed by atoms with van der Waals surface area (Å²) >= 11 is 3.78. The molecule has 3 aliphatic rings. The third-order valence-corrected chi connectivity index (χ3v) is 15.4. The average molecular weight is 862 g/mol. The highest BCUT2D eigenvalue weighted by atomic mass is 32.1. The quantitative estimate of drug-likeness (QED) is 0.0912. The lowest BCUT2D eigenvalue weighted by Crippen LogP contribution is -2.36. The van der Waals surface area contributed by atoms with Gasteiger partial charge in [0.2, 0.25) is 0 Å². The number of nitrogens with zero attached hydrogens (tertiary/aromatic N) is 3. The van der Waals surface area contributed by atoms with Crippen molar-refractivity contribution < 1.29 is 24.6 Å². The molecular weight excluding hydrogens is 803 g/mol. The summed E-state index contributed by atoms with van der Waals surface area (Å²) in [7, 11) is 3.44. The van der Waals surface area contributed by atoms with E-state index in [0.717, 1.165) is 11.4 Å². The van der Waals surface area contributed by atoms with Gasteiger partial charge < -0.3 is 30.6 Å². The molecule has 10 nitrogen and oxygen atoms in total. The topological polar surface area (TPSA) is 135 Å². The number of carbonyl (C=O) groups is 3. The summed E-state index contributed by atoms with van der Waals surface area (Å²) in [5.74, 6) is -0.882. The minimum Gasteiger partial charge on any atom is -0.481 e. The minimum absolute atomic E-state index is 0.0839. The van der Waals surface area contributed by atoms with E-state index < -0.39 is 11.9 Å². The van der Waals surface area contributed by atoms with Crippen LogP contribution in [0.15, 0.2) is 90.4 Å². The molecule has 2 aromatic carbocycles. The molecule has 4 heterocycles. The number of carboxylic acid groups (broad SMARTS) is 2. The van der Waals surface area contributed by atoms with E-state index in [-0.39, 0.29) is 31.0 Å². The monoisotopic (exact) mass is 861 g/mol. The second-order valence-electron chi connectivity index (χ2n) is 16.9. The van der Waals surface area contributed by atoms with Crippen molar-refractivity contribution in [3.8, 4) is 0 Å². The fraction of sp³-hybridized carbons (Fsp3) is 0.429. The molecule has 2 fully saturated rings. The Balaban J connectivity index is 0.000000186. The first kappa shape index (κ1) is 43.9. The van der Waals surface area contributed by atoms with Gasteiger partial charge in [0.1, 0.15) is 11.4 Å². The first-order valence-electron chi connectivity index (χ1n) is 21.8. The maximum Gasteiger partial charge on any atom is 0.352 e. The number of allylic oxidation sites excluding steroid dienone is 2. The largest absolute Gasteiger partial charge is 0.481 e. The number of rotatable bonds is 13. The number of likely N-dealkylation sites (N-methyl/N-ethyl adjacent to an activating group) is 1. The standard InChI is InChI=1S/C26H31N3O3S.C23H28N2O2S/c1-17-20-10-6-7-11-22(20)33-25(17)24(18-8-4-3-5-9-18)28-19-12-13-21(27-16-19)26(32)29(2)15-14-23(30)31;1-15-18-10-6-7-11-20(18)28-22(15)21(16-8-4-3-5-9-16)24-17-12-13-19(23(26)27)25(2)14-17/h6-7,10-13,16,18,24,28H,3-5,8-9,14-15H2,1-2H3,(H,30,31);6-7,10-13,16,21,24H,3-5,8-9,14H2,1-2H3,(H,26,27). The number of aromatic nitrogens is 1. The summed E-state index contributed by atoms with van der Waals surface area (Å²) in [4.78, 5) is 45.1. The van der Waals surface area contributed by atoms with Crippen LogP contribution in [0.1, 0.15) is 114 Å². The van der Waals surface area contributed by atoms with Crippen molar-refractivity contribution in [2.45, 2.75) is 96.6 Å². The molecule has 1 aliphatic heterocycles. The van der Waals surface area contributed by atoms with Crippen molar-refractivity contribution in [1.82, 2.24) is 20.1 Å². The predicted octanol–water partition coefficient (Wildman–Crippen LogP) is 11.1. The molecule has 2 unspecified atom stereocenters. The van der Waals surface area contributed by atoms with Crippen LogP contribution in [0, 0.1) is 25.7 Å². The third kappa shape index (κ3) is 10.5. The van der Waals surface area contributed by atoms with Crippen LogP contribution < -0.4 is 10.6 Å². The lowest BCUT2D eigenvalue weighted by atomic mass is 9.82. The molecule has 8 rings (SSSR count). The highest BCUT2D eigenvalue weighted by Gasteiger charge is 2.31. The summed E-state index contributed by atoms with van der Waals surface area (Å²) in [6, 6.07) is 21.4. The smallest absolute Gasteiger partial charge is 0.352 e. The first-order chi connectivity index (χ1) is 29.5. The van der Waals surface area contributed by atoms with Crippen LogP contribution in [0.3, 0.4) is 0 Å². The van der Waals surface area contributed by atoms with Crippen LogP contribution >= 0.6 is 22.7 Å². The molecule has 0 spiro atoms. The number of carbonyl (C=O) groups excluding carboxylic acids is 1. The Hall–Kier alpha value is -5.20. The summed E-state index contributed by atoms with van der Waals surface area (Å²) in [6.07, 6.45) is 18.0. The molecule has 12 heteroatoms. The SMILES string of the molecule is Cc1c(C(NC2=CC=C(C(=O)O)N(C)C2)C2CCCCC2)sc2ccccc12.Cc1c(C(Nc2ccc(C(=O)N(C)CCC(=O)O)nc2)C2CCCCC2)sc2ccccc12. The number of hydrogen-bond acceptors (Lipinski definition) is 9.